The Balaban J connectivity index is 1.93. The van der Waals surface area contributed by atoms with Crippen LogP contribution in [0, 0.1) is 0 Å². The lowest BCUT2D eigenvalue weighted by Crippen LogP contribution is -2.19. The van der Waals surface area contributed by atoms with Gasteiger partial charge in [-0.2, -0.15) is 11.8 Å². The van der Waals surface area contributed by atoms with E-state index >= 15 is 0 Å². The van der Waals surface area contributed by atoms with Gasteiger partial charge in [-0.15, -0.1) is 0 Å². The normalized spacial score (nSPS) is 17.9. The molecule has 0 saturated carbocycles. The summed E-state index contributed by atoms with van der Waals surface area (Å²) >= 11 is 9.21. The van der Waals surface area contributed by atoms with Gasteiger partial charge in [-0.05, 0) is 55.1 Å². The molecular formula is C15H13Br2NS. The van der Waals surface area contributed by atoms with E-state index in [-0.39, 0.29) is 0 Å². The Hall–Kier alpha value is -0.450. The first-order chi connectivity index (χ1) is 9.25. The topological polar surface area (TPSA) is 12.0 Å². The molecule has 0 fully saturated rings. The molecule has 0 spiro atoms. The lowest BCUT2D eigenvalue weighted by Gasteiger charge is -2.27. The van der Waals surface area contributed by atoms with E-state index in [4.69, 9.17) is 0 Å². The van der Waals surface area contributed by atoms with Gasteiger partial charge in [-0.1, -0.05) is 30.3 Å². The standard InChI is InChI=1S/C15H13Br2NS/c16-12-6-3-7-13(17)15(12)18-14-9-19-8-10-4-1-2-5-11(10)14/h1-7,14,18H,8-9H2. The number of rotatable bonds is 2. The molecule has 0 bridgehead atoms. The van der Waals surface area contributed by atoms with E-state index in [2.05, 4.69) is 73.6 Å². The van der Waals surface area contributed by atoms with Gasteiger partial charge >= 0.3 is 0 Å². The molecule has 1 unspecified atom stereocenters. The van der Waals surface area contributed by atoms with Gasteiger partial charge in [0.05, 0.1) is 11.7 Å². The Kier molecular flexibility index (Phi) is 4.20. The lowest BCUT2D eigenvalue weighted by molar-refractivity contribution is 0.869. The third-order valence-corrected chi connectivity index (χ3v) is 5.66. The summed E-state index contributed by atoms with van der Waals surface area (Å²) in [5, 5.41) is 3.66. The van der Waals surface area contributed by atoms with Crippen LogP contribution in [-0.2, 0) is 5.75 Å². The molecule has 4 heteroatoms. The number of nitrogens with one attached hydrogen (secondary N) is 1. The van der Waals surface area contributed by atoms with Gasteiger partial charge in [0.1, 0.15) is 0 Å². The zero-order chi connectivity index (χ0) is 13.2. The van der Waals surface area contributed by atoms with Gasteiger partial charge in [-0.25, -0.2) is 0 Å². The molecule has 0 amide bonds. The van der Waals surface area contributed by atoms with Gasteiger partial charge in [-0.3, -0.25) is 0 Å². The van der Waals surface area contributed by atoms with E-state index in [1.165, 1.54) is 11.1 Å². The third kappa shape index (κ3) is 2.86. The summed E-state index contributed by atoms with van der Waals surface area (Å²) in [6.45, 7) is 0. The van der Waals surface area contributed by atoms with E-state index in [9.17, 15) is 0 Å². The van der Waals surface area contributed by atoms with Crippen LogP contribution < -0.4 is 5.32 Å². The Bertz CT molecular complexity index is 580. The van der Waals surface area contributed by atoms with Crippen molar-refractivity contribution < 1.29 is 0 Å². The van der Waals surface area contributed by atoms with Crippen molar-refractivity contribution in [3.8, 4) is 0 Å². The Morgan fingerprint density at radius 2 is 1.74 bits per heavy atom. The lowest BCUT2D eigenvalue weighted by atomic mass is 10.0. The highest BCUT2D eigenvalue weighted by molar-refractivity contribution is 9.11. The molecule has 0 aromatic heterocycles. The fourth-order valence-electron chi connectivity index (χ4n) is 2.31. The number of fused-ring (bicyclic) bond motifs is 1. The van der Waals surface area contributed by atoms with Crippen LogP contribution >= 0.6 is 43.6 Å². The van der Waals surface area contributed by atoms with Crippen molar-refractivity contribution in [2.24, 2.45) is 0 Å². The first-order valence-corrected chi connectivity index (χ1v) is 8.86. The fraction of sp³-hybridized carbons (Fsp3) is 0.200. The van der Waals surface area contributed by atoms with Crippen LogP contribution in [0.1, 0.15) is 17.2 Å². The van der Waals surface area contributed by atoms with Crippen LogP contribution in [0.25, 0.3) is 0 Å². The molecule has 19 heavy (non-hydrogen) atoms. The number of para-hydroxylation sites is 1. The molecule has 2 aromatic rings. The van der Waals surface area contributed by atoms with Gasteiger partial charge in [0.25, 0.3) is 0 Å². The predicted molar refractivity (Wildman–Crippen MR) is 90.8 cm³/mol. The van der Waals surface area contributed by atoms with E-state index in [0.29, 0.717) is 6.04 Å². The van der Waals surface area contributed by atoms with Crippen molar-refractivity contribution in [1.82, 2.24) is 0 Å². The Labute approximate surface area is 134 Å². The Morgan fingerprint density at radius 1 is 1.00 bits per heavy atom. The van der Waals surface area contributed by atoms with Crippen molar-refractivity contribution in [2.45, 2.75) is 11.8 Å². The van der Waals surface area contributed by atoms with Gasteiger partial charge in [0.15, 0.2) is 0 Å². The van der Waals surface area contributed by atoms with E-state index in [1.54, 1.807) is 0 Å². The highest BCUT2D eigenvalue weighted by Gasteiger charge is 2.21. The van der Waals surface area contributed by atoms with Gasteiger partial charge in [0, 0.05) is 20.5 Å². The first kappa shape index (κ1) is 13.5. The molecule has 1 aliphatic heterocycles. The quantitative estimate of drug-likeness (QED) is 0.705. The van der Waals surface area contributed by atoms with E-state index < -0.39 is 0 Å². The average Bonchev–Trinajstić information content (AvgIpc) is 2.43. The highest BCUT2D eigenvalue weighted by Crippen LogP contribution is 2.38. The number of hydrogen-bond donors (Lipinski definition) is 1. The minimum Gasteiger partial charge on any atom is -0.376 e. The molecule has 1 atom stereocenters. The molecule has 1 heterocycles. The monoisotopic (exact) mass is 397 g/mol. The molecule has 2 aromatic carbocycles. The second kappa shape index (κ2) is 5.90. The number of hydrogen-bond acceptors (Lipinski definition) is 2. The number of halogens is 2. The summed E-state index contributed by atoms with van der Waals surface area (Å²) < 4.78 is 2.19. The molecule has 0 radical (unpaired) electrons. The molecule has 0 aliphatic carbocycles. The summed E-state index contributed by atoms with van der Waals surface area (Å²) in [4.78, 5) is 0. The fourth-order valence-corrected chi connectivity index (χ4v) is 4.64. The summed E-state index contributed by atoms with van der Waals surface area (Å²) in [7, 11) is 0. The van der Waals surface area contributed by atoms with Crippen LogP contribution in [0.4, 0.5) is 5.69 Å². The first-order valence-electron chi connectivity index (χ1n) is 6.12. The maximum atomic E-state index is 3.66. The molecular weight excluding hydrogens is 386 g/mol. The van der Waals surface area contributed by atoms with Crippen LogP contribution in [0.15, 0.2) is 51.4 Å². The Morgan fingerprint density at radius 3 is 2.53 bits per heavy atom. The number of anilines is 1. The summed E-state index contributed by atoms with van der Waals surface area (Å²) in [5.74, 6) is 2.22. The predicted octanol–water partition coefficient (Wildman–Crippen LogP) is 5.61. The minimum absolute atomic E-state index is 0.366. The molecule has 98 valence electrons. The second-order valence-corrected chi connectivity index (χ2v) is 7.25. The number of benzene rings is 2. The zero-order valence-corrected chi connectivity index (χ0v) is 14.2. The molecule has 3 rings (SSSR count). The van der Waals surface area contributed by atoms with Crippen molar-refractivity contribution in [1.29, 1.82) is 0 Å². The zero-order valence-electron chi connectivity index (χ0n) is 10.2. The molecule has 1 aliphatic rings. The van der Waals surface area contributed by atoms with E-state index in [1.807, 2.05) is 17.8 Å². The average molecular weight is 399 g/mol. The summed E-state index contributed by atoms with van der Waals surface area (Å²) in [5.41, 5.74) is 3.99. The number of thioether (sulfide) groups is 1. The van der Waals surface area contributed by atoms with Crippen LogP contribution in [0.3, 0.4) is 0 Å². The smallest absolute Gasteiger partial charge is 0.0634 e. The van der Waals surface area contributed by atoms with E-state index in [0.717, 1.165) is 26.1 Å². The second-order valence-electron chi connectivity index (χ2n) is 4.51. The minimum atomic E-state index is 0.366. The SMILES string of the molecule is Brc1cccc(Br)c1NC1CSCc2ccccc21. The molecule has 1 nitrogen and oxygen atoms in total. The third-order valence-electron chi connectivity index (χ3n) is 3.25. The van der Waals surface area contributed by atoms with Gasteiger partial charge in [0.2, 0.25) is 0 Å². The van der Waals surface area contributed by atoms with Crippen molar-refractivity contribution >= 4 is 49.3 Å². The largest absolute Gasteiger partial charge is 0.376 e. The van der Waals surface area contributed by atoms with Crippen molar-refractivity contribution in [3.05, 3.63) is 62.5 Å². The highest BCUT2D eigenvalue weighted by atomic mass is 79.9. The summed E-state index contributed by atoms with van der Waals surface area (Å²) in [6.07, 6.45) is 0. The van der Waals surface area contributed by atoms with Crippen molar-refractivity contribution in [3.63, 3.8) is 0 Å². The van der Waals surface area contributed by atoms with Crippen LogP contribution in [0.2, 0.25) is 0 Å². The van der Waals surface area contributed by atoms with Crippen molar-refractivity contribution in [2.75, 3.05) is 11.1 Å². The van der Waals surface area contributed by atoms with Crippen LogP contribution in [0.5, 0.6) is 0 Å². The summed E-state index contributed by atoms with van der Waals surface area (Å²) in [6, 6.07) is 15.2. The maximum Gasteiger partial charge on any atom is 0.0634 e. The molecule has 1 N–H and O–H groups in total. The van der Waals surface area contributed by atoms with Gasteiger partial charge < -0.3 is 5.32 Å². The maximum absolute atomic E-state index is 3.66. The molecule has 0 saturated heterocycles. The van der Waals surface area contributed by atoms with Crippen LogP contribution in [-0.4, -0.2) is 5.75 Å².